The van der Waals surface area contributed by atoms with Crippen LogP contribution in [0.1, 0.15) is 5.56 Å². The number of rotatable bonds is 4. The Morgan fingerprint density at radius 2 is 0.814 bits per heavy atom. The van der Waals surface area contributed by atoms with Crippen LogP contribution in [0.15, 0.2) is 164 Å². The fourth-order valence-electron chi connectivity index (χ4n) is 6.61. The summed E-state index contributed by atoms with van der Waals surface area (Å²) in [6, 6.07) is 60.0. The molecule has 8 aromatic carbocycles. The maximum Gasteiger partial charge on any atom is -0.00199 e. The van der Waals surface area contributed by atoms with E-state index in [0.717, 1.165) is 0 Å². The molecule has 0 N–H and O–H groups in total. The van der Waals surface area contributed by atoms with Gasteiger partial charge in [-0.25, -0.2) is 0 Å². The van der Waals surface area contributed by atoms with Crippen LogP contribution in [0, 0.1) is 6.92 Å². The first-order valence-electron chi connectivity index (χ1n) is 14.9. The summed E-state index contributed by atoms with van der Waals surface area (Å²) >= 11 is 0. The molecule has 0 heterocycles. The summed E-state index contributed by atoms with van der Waals surface area (Å²) in [5, 5.41) is 7.62. The van der Waals surface area contributed by atoms with Crippen molar-refractivity contribution in [1.82, 2.24) is 0 Å². The topological polar surface area (TPSA) is 0 Å². The molecule has 0 saturated carbocycles. The largest absolute Gasteiger partial charge is 0.0622 e. The predicted octanol–water partition coefficient (Wildman–Crippen LogP) is 12.1. The molecule has 8 aromatic rings. The Morgan fingerprint density at radius 3 is 1.58 bits per heavy atom. The van der Waals surface area contributed by atoms with E-state index in [2.05, 4.69) is 171 Å². The monoisotopic (exact) mass is 546 g/mol. The van der Waals surface area contributed by atoms with Crippen molar-refractivity contribution in [3.05, 3.63) is 169 Å². The lowest BCUT2D eigenvalue weighted by atomic mass is 9.83. The number of aryl methyl sites for hydroxylation is 1. The first kappa shape index (κ1) is 25.3. The Labute approximate surface area is 252 Å². The van der Waals surface area contributed by atoms with Gasteiger partial charge in [0.1, 0.15) is 0 Å². The lowest BCUT2D eigenvalue weighted by Crippen LogP contribution is -1.92. The highest BCUT2D eigenvalue weighted by molar-refractivity contribution is 6.24. The lowest BCUT2D eigenvalue weighted by Gasteiger charge is -2.20. The van der Waals surface area contributed by atoms with E-state index in [1.165, 1.54) is 82.4 Å². The highest BCUT2D eigenvalue weighted by Crippen LogP contribution is 2.46. The smallest absolute Gasteiger partial charge is 0.00199 e. The van der Waals surface area contributed by atoms with Gasteiger partial charge in [0.2, 0.25) is 0 Å². The molecule has 0 heteroatoms. The summed E-state index contributed by atoms with van der Waals surface area (Å²) in [7, 11) is 0. The fraction of sp³-hybridized carbons (Fsp3) is 0.0233. The molecule has 0 amide bonds. The molecular formula is C43H30. The third-order valence-corrected chi connectivity index (χ3v) is 8.75. The molecule has 0 aliphatic rings. The lowest BCUT2D eigenvalue weighted by molar-refractivity contribution is 1.47. The van der Waals surface area contributed by atoms with Gasteiger partial charge in [0.25, 0.3) is 0 Å². The van der Waals surface area contributed by atoms with Crippen molar-refractivity contribution in [3.63, 3.8) is 0 Å². The van der Waals surface area contributed by atoms with Crippen molar-refractivity contribution in [1.29, 1.82) is 0 Å². The van der Waals surface area contributed by atoms with E-state index in [9.17, 15) is 0 Å². The summed E-state index contributed by atoms with van der Waals surface area (Å²) in [4.78, 5) is 0. The van der Waals surface area contributed by atoms with Gasteiger partial charge in [-0.3, -0.25) is 0 Å². The van der Waals surface area contributed by atoms with E-state index in [1.807, 2.05) is 0 Å². The molecule has 0 aromatic heterocycles. The average molecular weight is 547 g/mol. The number of benzene rings is 8. The van der Waals surface area contributed by atoms with E-state index in [4.69, 9.17) is 0 Å². The molecule has 0 unspecified atom stereocenters. The maximum atomic E-state index is 2.41. The molecule has 0 fully saturated rings. The zero-order valence-electron chi connectivity index (χ0n) is 24.1. The summed E-state index contributed by atoms with van der Waals surface area (Å²) in [6.45, 7) is 2.14. The second kappa shape index (κ2) is 10.4. The first-order chi connectivity index (χ1) is 21.2. The predicted molar refractivity (Wildman–Crippen MR) is 185 cm³/mol. The molecule has 0 radical (unpaired) electrons. The number of fused-ring (bicyclic) bond motifs is 3. The van der Waals surface area contributed by atoms with Crippen LogP contribution in [0.25, 0.3) is 76.8 Å². The van der Waals surface area contributed by atoms with Gasteiger partial charge >= 0.3 is 0 Å². The van der Waals surface area contributed by atoms with E-state index < -0.39 is 0 Å². The third-order valence-electron chi connectivity index (χ3n) is 8.75. The van der Waals surface area contributed by atoms with Crippen LogP contribution in [0.2, 0.25) is 0 Å². The summed E-state index contributed by atoms with van der Waals surface area (Å²) < 4.78 is 0. The van der Waals surface area contributed by atoms with Gasteiger partial charge in [-0.1, -0.05) is 163 Å². The van der Waals surface area contributed by atoms with Gasteiger partial charge in [0.15, 0.2) is 0 Å². The molecule has 0 aliphatic carbocycles. The SMILES string of the molecule is Cc1ccc(-c2ccc3c(-c4ccc(-c5ccccc5)cc4)c4ccccc4c(-c4cccc5ccccc45)c3c2)cc1. The van der Waals surface area contributed by atoms with Crippen LogP contribution in [-0.2, 0) is 0 Å². The van der Waals surface area contributed by atoms with Gasteiger partial charge in [-0.2, -0.15) is 0 Å². The van der Waals surface area contributed by atoms with Crippen LogP contribution < -0.4 is 0 Å². The molecule has 43 heavy (non-hydrogen) atoms. The zero-order valence-corrected chi connectivity index (χ0v) is 24.1. The molecule has 0 aliphatic heterocycles. The highest BCUT2D eigenvalue weighted by Gasteiger charge is 2.19. The van der Waals surface area contributed by atoms with Crippen LogP contribution in [0.4, 0.5) is 0 Å². The second-order valence-electron chi connectivity index (χ2n) is 11.4. The van der Waals surface area contributed by atoms with Crippen LogP contribution in [-0.4, -0.2) is 0 Å². The minimum absolute atomic E-state index is 1.23. The molecule has 0 bridgehead atoms. The Balaban J connectivity index is 1.46. The summed E-state index contributed by atoms with van der Waals surface area (Å²) in [5.74, 6) is 0. The van der Waals surface area contributed by atoms with Crippen molar-refractivity contribution in [3.8, 4) is 44.5 Å². The third kappa shape index (κ3) is 4.40. The minimum atomic E-state index is 1.23. The Hall–Kier alpha value is -5.46. The van der Waals surface area contributed by atoms with Crippen molar-refractivity contribution in [2.45, 2.75) is 6.92 Å². The van der Waals surface area contributed by atoms with Gasteiger partial charge in [0, 0.05) is 0 Å². The average Bonchev–Trinajstić information content (AvgIpc) is 3.07. The molecule has 202 valence electrons. The Morgan fingerprint density at radius 1 is 0.302 bits per heavy atom. The molecule has 0 saturated heterocycles. The van der Waals surface area contributed by atoms with Crippen molar-refractivity contribution >= 4 is 32.3 Å². The standard InChI is InChI=1S/C43H30/c1-29-18-20-32(21-19-29)35-26-27-40-41(28-35)43(37-17-9-13-33-12-5-6-14-36(33)37)39-16-8-7-15-38(39)42(40)34-24-22-31(23-25-34)30-10-3-2-4-11-30/h2-28H,1H3. The molecular weight excluding hydrogens is 516 g/mol. The minimum Gasteiger partial charge on any atom is -0.0622 e. The zero-order chi connectivity index (χ0) is 28.8. The van der Waals surface area contributed by atoms with Crippen LogP contribution in [0.3, 0.4) is 0 Å². The molecule has 0 atom stereocenters. The number of hydrogen-bond donors (Lipinski definition) is 0. The maximum absolute atomic E-state index is 2.41. The Bertz CT molecular complexity index is 2250. The quantitative estimate of drug-likeness (QED) is 0.193. The van der Waals surface area contributed by atoms with Gasteiger partial charge in [-0.05, 0) is 89.8 Å². The number of hydrogen-bond acceptors (Lipinski definition) is 0. The van der Waals surface area contributed by atoms with Crippen molar-refractivity contribution in [2.24, 2.45) is 0 Å². The van der Waals surface area contributed by atoms with Crippen LogP contribution in [0.5, 0.6) is 0 Å². The van der Waals surface area contributed by atoms with Gasteiger partial charge in [0.05, 0.1) is 0 Å². The first-order valence-corrected chi connectivity index (χ1v) is 14.9. The van der Waals surface area contributed by atoms with E-state index in [0.29, 0.717) is 0 Å². The van der Waals surface area contributed by atoms with Crippen LogP contribution >= 0.6 is 0 Å². The Kier molecular flexibility index (Phi) is 6.12. The fourth-order valence-corrected chi connectivity index (χ4v) is 6.61. The van der Waals surface area contributed by atoms with E-state index >= 15 is 0 Å². The molecule has 0 spiro atoms. The van der Waals surface area contributed by atoms with E-state index in [1.54, 1.807) is 0 Å². The van der Waals surface area contributed by atoms with Gasteiger partial charge in [-0.15, -0.1) is 0 Å². The summed E-state index contributed by atoms with van der Waals surface area (Å²) in [6.07, 6.45) is 0. The normalized spacial score (nSPS) is 11.4. The van der Waals surface area contributed by atoms with Gasteiger partial charge < -0.3 is 0 Å². The molecule has 8 rings (SSSR count). The van der Waals surface area contributed by atoms with Crippen molar-refractivity contribution < 1.29 is 0 Å². The van der Waals surface area contributed by atoms with Crippen molar-refractivity contribution in [2.75, 3.05) is 0 Å². The molecule has 0 nitrogen and oxygen atoms in total. The summed E-state index contributed by atoms with van der Waals surface area (Å²) in [5.41, 5.74) is 11.3. The van der Waals surface area contributed by atoms with E-state index in [-0.39, 0.29) is 0 Å². The second-order valence-corrected chi connectivity index (χ2v) is 11.4. The highest BCUT2D eigenvalue weighted by atomic mass is 14.2.